The SMILES string of the molecule is CN1CCN(C(=O)[C@@H]2C[C@H]2c2c(F)cccc2F)C(C)(C)C1. The van der Waals surface area contributed by atoms with Crippen LogP contribution in [0.4, 0.5) is 8.78 Å². The van der Waals surface area contributed by atoms with Gasteiger partial charge in [-0.05, 0) is 39.4 Å². The van der Waals surface area contributed by atoms with E-state index < -0.39 is 11.6 Å². The Morgan fingerprint density at radius 1 is 1.23 bits per heavy atom. The van der Waals surface area contributed by atoms with Gasteiger partial charge in [-0.1, -0.05) is 6.07 Å². The largest absolute Gasteiger partial charge is 0.335 e. The van der Waals surface area contributed by atoms with Crippen LogP contribution < -0.4 is 0 Å². The maximum atomic E-state index is 13.9. The molecular weight excluding hydrogens is 286 g/mol. The number of hydrogen-bond acceptors (Lipinski definition) is 2. The van der Waals surface area contributed by atoms with E-state index in [1.54, 1.807) is 0 Å². The summed E-state index contributed by atoms with van der Waals surface area (Å²) in [4.78, 5) is 16.8. The minimum atomic E-state index is -0.544. The van der Waals surface area contributed by atoms with Crippen molar-refractivity contribution in [2.45, 2.75) is 31.7 Å². The molecule has 0 unspecified atom stereocenters. The van der Waals surface area contributed by atoms with Crippen molar-refractivity contribution in [1.82, 2.24) is 9.80 Å². The zero-order valence-corrected chi connectivity index (χ0v) is 13.3. The molecule has 1 aliphatic carbocycles. The highest BCUT2D eigenvalue weighted by Gasteiger charge is 2.50. The van der Waals surface area contributed by atoms with Gasteiger partial charge in [0.05, 0.1) is 0 Å². The van der Waals surface area contributed by atoms with Gasteiger partial charge in [0.15, 0.2) is 0 Å². The minimum absolute atomic E-state index is 0.0331. The first-order chi connectivity index (χ1) is 10.3. The van der Waals surface area contributed by atoms with Gasteiger partial charge in [-0.3, -0.25) is 4.79 Å². The third-order valence-corrected chi connectivity index (χ3v) is 4.84. The van der Waals surface area contributed by atoms with Gasteiger partial charge in [-0.2, -0.15) is 0 Å². The van der Waals surface area contributed by atoms with Crippen LogP contribution in [-0.4, -0.2) is 47.9 Å². The van der Waals surface area contributed by atoms with Crippen molar-refractivity contribution < 1.29 is 13.6 Å². The molecule has 0 bridgehead atoms. The number of amides is 1. The van der Waals surface area contributed by atoms with Gasteiger partial charge in [0.2, 0.25) is 5.91 Å². The van der Waals surface area contributed by atoms with E-state index in [-0.39, 0.29) is 28.8 Å². The number of halogens is 2. The zero-order chi connectivity index (χ0) is 16.1. The van der Waals surface area contributed by atoms with E-state index in [1.165, 1.54) is 18.2 Å². The predicted octanol–water partition coefficient (Wildman–Crippen LogP) is 2.62. The first kappa shape index (κ1) is 15.4. The molecule has 1 saturated carbocycles. The van der Waals surface area contributed by atoms with Gasteiger partial charge < -0.3 is 9.80 Å². The summed E-state index contributed by atoms with van der Waals surface area (Å²) in [5, 5.41) is 0. The standard InChI is InChI=1S/C17H22F2N2O/c1-17(2)10-20(3)7-8-21(17)16(22)12-9-11(12)15-13(18)5-4-6-14(15)19/h4-6,11-12H,7-10H2,1-3H3/t11-,12-/m1/s1. The van der Waals surface area contributed by atoms with Gasteiger partial charge in [-0.25, -0.2) is 8.78 Å². The molecule has 0 aromatic heterocycles. The lowest BCUT2D eigenvalue weighted by Gasteiger charge is -2.46. The summed E-state index contributed by atoms with van der Waals surface area (Å²) < 4.78 is 27.7. The molecule has 3 nitrogen and oxygen atoms in total. The number of carbonyl (C=O) groups is 1. The number of nitrogens with zero attached hydrogens (tertiary/aromatic N) is 2. The molecule has 2 aliphatic rings. The number of likely N-dealkylation sites (N-methyl/N-ethyl adjacent to an activating group) is 1. The Balaban J connectivity index is 1.76. The lowest BCUT2D eigenvalue weighted by Crippen LogP contribution is -2.60. The van der Waals surface area contributed by atoms with Crippen molar-refractivity contribution in [2.75, 3.05) is 26.7 Å². The molecule has 1 amide bonds. The van der Waals surface area contributed by atoms with Crippen molar-refractivity contribution in [3.8, 4) is 0 Å². The highest BCUT2D eigenvalue weighted by Crippen LogP contribution is 2.50. The van der Waals surface area contributed by atoms with Gasteiger partial charge in [0.25, 0.3) is 0 Å². The van der Waals surface area contributed by atoms with Crippen LogP contribution in [0.25, 0.3) is 0 Å². The van der Waals surface area contributed by atoms with Crippen LogP contribution >= 0.6 is 0 Å². The highest BCUT2D eigenvalue weighted by atomic mass is 19.1. The van der Waals surface area contributed by atoms with Gasteiger partial charge >= 0.3 is 0 Å². The summed E-state index contributed by atoms with van der Waals surface area (Å²) in [6.45, 7) is 6.40. The fourth-order valence-corrected chi connectivity index (χ4v) is 3.66. The molecule has 0 radical (unpaired) electrons. The lowest BCUT2D eigenvalue weighted by molar-refractivity contribution is -0.141. The molecule has 3 rings (SSSR count). The van der Waals surface area contributed by atoms with E-state index in [4.69, 9.17) is 0 Å². The van der Waals surface area contributed by atoms with Crippen LogP contribution in [0.5, 0.6) is 0 Å². The molecule has 1 heterocycles. The Bertz CT molecular complexity index is 582. The second kappa shape index (κ2) is 5.30. The number of carbonyl (C=O) groups excluding carboxylic acids is 1. The predicted molar refractivity (Wildman–Crippen MR) is 80.5 cm³/mol. The van der Waals surface area contributed by atoms with Gasteiger partial charge in [0, 0.05) is 42.6 Å². The molecule has 0 N–H and O–H groups in total. The maximum Gasteiger partial charge on any atom is 0.226 e. The van der Waals surface area contributed by atoms with Crippen LogP contribution in [-0.2, 0) is 4.79 Å². The van der Waals surface area contributed by atoms with Crippen molar-refractivity contribution in [1.29, 1.82) is 0 Å². The van der Waals surface area contributed by atoms with Crippen molar-refractivity contribution in [2.24, 2.45) is 5.92 Å². The summed E-state index contributed by atoms with van der Waals surface area (Å²) in [5.74, 6) is -1.65. The molecule has 120 valence electrons. The Hall–Kier alpha value is -1.49. The molecule has 22 heavy (non-hydrogen) atoms. The van der Waals surface area contributed by atoms with Gasteiger partial charge in [-0.15, -0.1) is 0 Å². The molecule has 0 spiro atoms. The Morgan fingerprint density at radius 2 is 1.86 bits per heavy atom. The highest BCUT2D eigenvalue weighted by molar-refractivity contribution is 5.84. The molecule has 2 atom stereocenters. The van der Waals surface area contributed by atoms with Crippen LogP contribution in [0.3, 0.4) is 0 Å². The lowest BCUT2D eigenvalue weighted by atomic mass is 9.97. The third-order valence-electron chi connectivity index (χ3n) is 4.84. The van der Waals surface area contributed by atoms with E-state index in [2.05, 4.69) is 4.90 Å². The average molecular weight is 308 g/mol. The summed E-state index contributed by atoms with van der Waals surface area (Å²) in [6, 6.07) is 3.88. The second-order valence-electron chi connectivity index (χ2n) is 7.12. The monoisotopic (exact) mass is 308 g/mol. The Kier molecular flexibility index (Phi) is 3.71. The topological polar surface area (TPSA) is 23.6 Å². The number of benzene rings is 1. The van der Waals surface area contributed by atoms with E-state index in [0.717, 1.165) is 13.1 Å². The molecule has 1 aromatic carbocycles. The third kappa shape index (κ3) is 2.62. The summed E-state index contributed by atoms with van der Waals surface area (Å²) in [5.41, 5.74) is -0.168. The van der Waals surface area contributed by atoms with E-state index in [1.807, 2.05) is 25.8 Å². The fourth-order valence-electron chi connectivity index (χ4n) is 3.66. The van der Waals surface area contributed by atoms with Crippen molar-refractivity contribution >= 4 is 5.91 Å². The molecule has 1 aromatic rings. The number of rotatable bonds is 2. The average Bonchev–Trinajstić information content (AvgIpc) is 3.17. The smallest absolute Gasteiger partial charge is 0.226 e. The Labute approximate surface area is 129 Å². The molecule has 2 fully saturated rings. The molecule has 1 aliphatic heterocycles. The zero-order valence-electron chi connectivity index (χ0n) is 13.3. The first-order valence-corrected chi connectivity index (χ1v) is 7.75. The molecular formula is C17H22F2N2O. The van der Waals surface area contributed by atoms with Crippen LogP contribution in [0.15, 0.2) is 18.2 Å². The van der Waals surface area contributed by atoms with Crippen LogP contribution in [0, 0.1) is 17.6 Å². The molecule has 5 heteroatoms. The molecule has 1 saturated heterocycles. The Morgan fingerprint density at radius 3 is 2.45 bits per heavy atom. The summed E-state index contributed by atoms with van der Waals surface area (Å²) in [7, 11) is 2.04. The van der Waals surface area contributed by atoms with E-state index in [0.29, 0.717) is 13.0 Å². The van der Waals surface area contributed by atoms with E-state index in [9.17, 15) is 13.6 Å². The minimum Gasteiger partial charge on any atom is -0.335 e. The second-order valence-corrected chi connectivity index (χ2v) is 7.12. The normalized spacial score (nSPS) is 27.8. The fraction of sp³-hybridized carbons (Fsp3) is 0.588. The van der Waals surface area contributed by atoms with Crippen molar-refractivity contribution in [3.05, 3.63) is 35.4 Å². The quantitative estimate of drug-likeness (QED) is 0.838. The van der Waals surface area contributed by atoms with Gasteiger partial charge in [0.1, 0.15) is 11.6 Å². The summed E-state index contributed by atoms with van der Waals surface area (Å²) >= 11 is 0. The summed E-state index contributed by atoms with van der Waals surface area (Å²) in [6.07, 6.45) is 0.541. The first-order valence-electron chi connectivity index (χ1n) is 7.75. The van der Waals surface area contributed by atoms with E-state index >= 15 is 0 Å². The van der Waals surface area contributed by atoms with Crippen LogP contribution in [0.2, 0.25) is 0 Å². The number of hydrogen-bond donors (Lipinski definition) is 0. The van der Waals surface area contributed by atoms with Crippen molar-refractivity contribution in [3.63, 3.8) is 0 Å². The maximum absolute atomic E-state index is 13.9. The number of piperazine rings is 1. The van der Waals surface area contributed by atoms with Crippen LogP contribution in [0.1, 0.15) is 31.7 Å².